The monoisotopic (exact) mass is 570 g/mol. The lowest BCUT2D eigenvalue weighted by atomic mass is 10.0. The van der Waals surface area contributed by atoms with E-state index in [0.29, 0.717) is 23.3 Å². The van der Waals surface area contributed by atoms with Crippen LogP contribution in [0, 0.1) is 5.82 Å². The highest BCUT2D eigenvalue weighted by atomic mass is 19.1. The summed E-state index contributed by atoms with van der Waals surface area (Å²) in [6.45, 7) is 1.31. The molecule has 9 nitrogen and oxygen atoms in total. The van der Waals surface area contributed by atoms with E-state index in [1.54, 1.807) is 42.5 Å². The molecule has 0 saturated heterocycles. The fourth-order valence-corrected chi connectivity index (χ4v) is 4.18. The number of nitrogens with one attached hydrogen (secondary N) is 1. The first-order chi connectivity index (χ1) is 20.4. The number of hydrogen-bond acceptors (Lipinski definition) is 7. The Morgan fingerprint density at radius 2 is 1.83 bits per heavy atom. The van der Waals surface area contributed by atoms with Crippen LogP contribution < -0.4 is 14.8 Å². The number of carbonyl (C=O) groups is 2. The van der Waals surface area contributed by atoms with Crippen LogP contribution in [0.2, 0.25) is 0 Å². The van der Waals surface area contributed by atoms with Gasteiger partial charge >= 0.3 is 11.9 Å². The Balaban J connectivity index is 1.22. The lowest BCUT2D eigenvalue weighted by molar-refractivity contribution is -0.144. The van der Waals surface area contributed by atoms with Crippen LogP contribution in [-0.2, 0) is 27.2 Å². The number of para-hydroxylation sites is 1. The zero-order valence-corrected chi connectivity index (χ0v) is 22.5. The van der Waals surface area contributed by atoms with Crippen molar-refractivity contribution in [1.29, 1.82) is 0 Å². The Bertz CT molecular complexity index is 1610. The van der Waals surface area contributed by atoms with E-state index < -0.39 is 30.1 Å². The van der Waals surface area contributed by atoms with Gasteiger partial charge in [-0.1, -0.05) is 60.7 Å². The van der Waals surface area contributed by atoms with E-state index in [9.17, 15) is 14.7 Å². The molecule has 0 fully saturated rings. The van der Waals surface area contributed by atoms with E-state index in [-0.39, 0.29) is 29.5 Å². The summed E-state index contributed by atoms with van der Waals surface area (Å²) in [6, 6.07) is 24.1. The molecule has 214 valence electrons. The molecule has 2 atom stereocenters. The molecule has 10 heteroatoms. The molecule has 1 amide bonds. The van der Waals surface area contributed by atoms with Crippen LogP contribution in [0.4, 0.5) is 4.39 Å². The minimum atomic E-state index is -1.11. The Labute approximate surface area is 241 Å². The SMILES string of the molecule is CC(Oc1ccccc1-c1ccc(CNC(=O)c2cccnc2OC2=COC(Cc3ccccc3)O2)c(F)c1)C(=O)O. The van der Waals surface area contributed by atoms with Gasteiger partial charge in [-0.3, -0.25) is 4.79 Å². The Morgan fingerprint density at radius 1 is 1.05 bits per heavy atom. The molecular formula is C32H27FN2O7. The van der Waals surface area contributed by atoms with Gasteiger partial charge < -0.3 is 29.4 Å². The zero-order chi connectivity index (χ0) is 29.5. The van der Waals surface area contributed by atoms with Crippen LogP contribution in [0.3, 0.4) is 0 Å². The summed E-state index contributed by atoms with van der Waals surface area (Å²) in [5.41, 5.74) is 2.44. The fourth-order valence-electron chi connectivity index (χ4n) is 4.18. The third kappa shape index (κ3) is 6.84. The highest BCUT2D eigenvalue weighted by Gasteiger charge is 2.24. The maximum Gasteiger partial charge on any atom is 0.344 e. The summed E-state index contributed by atoms with van der Waals surface area (Å²) in [5, 5.41) is 11.9. The lowest BCUT2D eigenvalue weighted by Crippen LogP contribution is -2.24. The number of carbonyl (C=O) groups excluding carboxylic acids is 1. The van der Waals surface area contributed by atoms with Crippen LogP contribution in [-0.4, -0.2) is 34.4 Å². The average molecular weight is 571 g/mol. The second-order valence-electron chi connectivity index (χ2n) is 9.35. The lowest BCUT2D eigenvalue weighted by Gasteiger charge is -2.15. The number of ether oxygens (including phenoxy) is 4. The molecule has 0 aliphatic carbocycles. The smallest absolute Gasteiger partial charge is 0.344 e. The molecular weight excluding hydrogens is 543 g/mol. The molecule has 1 aromatic heterocycles. The molecule has 1 aliphatic rings. The van der Waals surface area contributed by atoms with Gasteiger partial charge in [-0.15, -0.1) is 0 Å². The van der Waals surface area contributed by atoms with Crippen molar-refractivity contribution in [3.05, 3.63) is 126 Å². The number of aromatic nitrogens is 1. The van der Waals surface area contributed by atoms with E-state index in [2.05, 4.69) is 10.3 Å². The van der Waals surface area contributed by atoms with E-state index in [4.69, 9.17) is 18.9 Å². The largest absolute Gasteiger partial charge is 0.479 e. The quantitative estimate of drug-likeness (QED) is 0.244. The minimum Gasteiger partial charge on any atom is -0.479 e. The van der Waals surface area contributed by atoms with E-state index in [1.807, 2.05) is 30.3 Å². The van der Waals surface area contributed by atoms with E-state index in [1.165, 1.54) is 31.5 Å². The van der Waals surface area contributed by atoms with Gasteiger partial charge in [0.15, 0.2) is 12.4 Å². The molecule has 2 N–H and O–H groups in total. The molecule has 42 heavy (non-hydrogen) atoms. The van der Waals surface area contributed by atoms with Gasteiger partial charge in [0.25, 0.3) is 5.91 Å². The maximum absolute atomic E-state index is 15.1. The van der Waals surface area contributed by atoms with Crippen LogP contribution in [0.5, 0.6) is 11.6 Å². The van der Waals surface area contributed by atoms with Crippen molar-refractivity contribution in [3.63, 3.8) is 0 Å². The Morgan fingerprint density at radius 3 is 2.62 bits per heavy atom. The topological polar surface area (TPSA) is 116 Å². The van der Waals surface area contributed by atoms with Crippen molar-refractivity contribution in [2.24, 2.45) is 0 Å². The highest BCUT2D eigenvalue weighted by Crippen LogP contribution is 2.32. The Hall–Kier alpha value is -5.38. The third-order valence-electron chi connectivity index (χ3n) is 6.36. The van der Waals surface area contributed by atoms with Crippen molar-refractivity contribution in [3.8, 4) is 22.8 Å². The van der Waals surface area contributed by atoms with E-state index >= 15 is 4.39 Å². The molecule has 4 aromatic rings. The van der Waals surface area contributed by atoms with Crippen LogP contribution in [0.1, 0.15) is 28.4 Å². The molecule has 2 heterocycles. The van der Waals surface area contributed by atoms with Crippen LogP contribution in [0.15, 0.2) is 103 Å². The number of pyridine rings is 1. The van der Waals surface area contributed by atoms with Gasteiger partial charge in [0.1, 0.15) is 17.1 Å². The molecule has 3 aromatic carbocycles. The molecule has 0 spiro atoms. The summed E-state index contributed by atoms with van der Waals surface area (Å²) in [4.78, 5) is 28.4. The second-order valence-corrected chi connectivity index (χ2v) is 9.35. The molecule has 0 saturated carbocycles. The first kappa shape index (κ1) is 28.2. The number of aliphatic carboxylic acids is 1. The molecule has 0 radical (unpaired) electrons. The zero-order valence-electron chi connectivity index (χ0n) is 22.5. The van der Waals surface area contributed by atoms with Crippen molar-refractivity contribution in [2.45, 2.75) is 32.3 Å². The maximum atomic E-state index is 15.1. The number of carboxylic acids is 1. The molecule has 5 rings (SSSR count). The fraction of sp³-hybridized carbons (Fsp3) is 0.156. The minimum absolute atomic E-state index is 0.00762. The predicted molar refractivity (Wildman–Crippen MR) is 150 cm³/mol. The number of benzene rings is 3. The summed E-state index contributed by atoms with van der Waals surface area (Å²) in [5.74, 6) is -1.81. The van der Waals surface area contributed by atoms with Crippen molar-refractivity contribution < 1.29 is 38.0 Å². The summed E-state index contributed by atoms with van der Waals surface area (Å²) >= 11 is 0. The molecule has 0 bridgehead atoms. The number of nitrogens with zero attached hydrogens (tertiary/aromatic N) is 1. The number of hydrogen-bond donors (Lipinski definition) is 2. The predicted octanol–water partition coefficient (Wildman–Crippen LogP) is 5.46. The number of carboxylic acid groups (broad SMARTS) is 1. The van der Waals surface area contributed by atoms with Crippen molar-refractivity contribution >= 4 is 11.9 Å². The Kier molecular flexibility index (Phi) is 8.62. The summed E-state index contributed by atoms with van der Waals surface area (Å²) < 4.78 is 37.6. The number of rotatable bonds is 11. The van der Waals surface area contributed by atoms with Gasteiger partial charge in [0, 0.05) is 30.3 Å². The third-order valence-corrected chi connectivity index (χ3v) is 6.36. The van der Waals surface area contributed by atoms with Gasteiger partial charge in [0.05, 0.1) is 0 Å². The van der Waals surface area contributed by atoms with Crippen molar-refractivity contribution in [1.82, 2.24) is 10.3 Å². The van der Waals surface area contributed by atoms with Gasteiger partial charge in [0.2, 0.25) is 12.2 Å². The highest BCUT2D eigenvalue weighted by molar-refractivity contribution is 5.96. The molecule has 2 unspecified atom stereocenters. The van der Waals surface area contributed by atoms with Gasteiger partial charge in [-0.2, -0.15) is 0 Å². The first-order valence-corrected chi connectivity index (χ1v) is 13.1. The van der Waals surface area contributed by atoms with Crippen LogP contribution in [0.25, 0.3) is 11.1 Å². The van der Waals surface area contributed by atoms with Crippen molar-refractivity contribution in [2.75, 3.05) is 0 Å². The van der Waals surface area contributed by atoms with Crippen LogP contribution >= 0.6 is 0 Å². The van der Waals surface area contributed by atoms with Gasteiger partial charge in [-0.05, 0) is 42.3 Å². The normalized spacial score (nSPS) is 14.6. The second kappa shape index (κ2) is 12.9. The molecule has 1 aliphatic heterocycles. The number of amides is 1. The summed E-state index contributed by atoms with van der Waals surface area (Å²) in [7, 11) is 0. The van der Waals surface area contributed by atoms with E-state index in [0.717, 1.165) is 5.56 Å². The summed E-state index contributed by atoms with van der Waals surface area (Å²) in [6.07, 6.45) is 1.65. The van der Waals surface area contributed by atoms with Gasteiger partial charge in [-0.25, -0.2) is 14.2 Å². The standard InChI is InChI=1S/C32H27FN2O7/c1-20(32(37)38)40-27-12-6-5-10-24(27)22-13-14-23(26(33)17-22)18-35-30(36)25-11-7-15-34-31(25)42-29-19-39-28(41-29)16-21-8-3-2-4-9-21/h2-15,17,19-20,28H,16,18H2,1H3,(H,35,36)(H,37,38). The first-order valence-electron chi connectivity index (χ1n) is 13.1. The average Bonchev–Trinajstić information content (AvgIpc) is 3.43. The number of halogens is 1.